The first-order valence-corrected chi connectivity index (χ1v) is 5.32. The quantitative estimate of drug-likeness (QED) is 0.725. The van der Waals surface area contributed by atoms with Gasteiger partial charge in [0.15, 0.2) is 0 Å². The molecule has 0 radical (unpaired) electrons. The highest BCUT2D eigenvalue weighted by Crippen LogP contribution is 2.20. The van der Waals surface area contributed by atoms with E-state index in [-0.39, 0.29) is 6.10 Å². The van der Waals surface area contributed by atoms with Gasteiger partial charge in [0.1, 0.15) is 0 Å². The number of aliphatic hydroxyl groups excluding tert-OH is 1. The van der Waals surface area contributed by atoms with Crippen molar-refractivity contribution in [3.05, 3.63) is 29.8 Å². The Morgan fingerprint density at radius 2 is 1.92 bits per heavy atom. The highest BCUT2D eigenvalue weighted by molar-refractivity contribution is 7.98. The van der Waals surface area contributed by atoms with Gasteiger partial charge >= 0.3 is 0 Å². The van der Waals surface area contributed by atoms with Crippen LogP contribution in [0.4, 0.5) is 0 Å². The van der Waals surface area contributed by atoms with Crippen LogP contribution < -0.4 is 0 Å². The fourth-order valence-corrected chi connectivity index (χ4v) is 1.47. The maximum absolute atomic E-state index is 9.49. The van der Waals surface area contributed by atoms with Crippen molar-refractivity contribution in [1.82, 2.24) is 0 Å². The van der Waals surface area contributed by atoms with Gasteiger partial charge in [-0.1, -0.05) is 19.1 Å². The molecule has 66 valence electrons. The second-order valence-corrected chi connectivity index (χ2v) is 3.58. The van der Waals surface area contributed by atoms with Gasteiger partial charge in [-0.05, 0) is 30.4 Å². The Kier molecular flexibility index (Phi) is 3.63. The third-order valence-corrected chi connectivity index (χ3v) is 2.63. The summed E-state index contributed by atoms with van der Waals surface area (Å²) in [5.41, 5.74) is 1.01. The molecule has 0 spiro atoms. The molecule has 0 amide bonds. The van der Waals surface area contributed by atoms with E-state index in [2.05, 4.69) is 0 Å². The minimum atomic E-state index is -0.305. The molecule has 1 atom stereocenters. The fourth-order valence-electron chi connectivity index (χ4n) is 1.06. The van der Waals surface area contributed by atoms with E-state index in [0.717, 1.165) is 12.0 Å². The van der Waals surface area contributed by atoms with E-state index in [0.29, 0.717) is 0 Å². The van der Waals surface area contributed by atoms with Crippen LogP contribution in [0.3, 0.4) is 0 Å². The maximum Gasteiger partial charge on any atom is 0.0787 e. The lowest BCUT2D eigenvalue weighted by molar-refractivity contribution is 0.173. The van der Waals surface area contributed by atoms with Crippen molar-refractivity contribution < 1.29 is 5.11 Å². The predicted octanol–water partition coefficient (Wildman–Crippen LogP) is 2.85. The molecule has 1 rings (SSSR count). The van der Waals surface area contributed by atoms with Gasteiger partial charge in [0.25, 0.3) is 0 Å². The number of hydrogen-bond acceptors (Lipinski definition) is 2. The molecule has 0 aliphatic carbocycles. The molecular formula is C10H14OS. The Balaban J connectivity index is 2.77. The second kappa shape index (κ2) is 4.53. The largest absolute Gasteiger partial charge is 0.388 e. The molecule has 0 aliphatic rings. The third-order valence-electron chi connectivity index (χ3n) is 1.89. The maximum atomic E-state index is 9.49. The smallest absolute Gasteiger partial charge is 0.0787 e. The molecule has 1 unspecified atom stereocenters. The van der Waals surface area contributed by atoms with Crippen molar-refractivity contribution in [3.8, 4) is 0 Å². The average Bonchev–Trinajstić information content (AvgIpc) is 2.17. The summed E-state index contributed by atoms with van der Waals surface area (Å²) in [5, 5.41) is 9.49. The normalized spacial score (nSPS) is 12.9. The number of benzene rings is 1. The zero-order chi connectivity index (χ0) is 8.97. The molecule has 0 heterocycles. The van der Waals surface area contributed by atoms with Crippen molar-refractivity contribution in [2.75, 3.05) is 6.26 Å². The highest BCUT2D eigenvalue weighted by Gasteiger charge is 2.02. The van der Waals surface area contributed by atoms with Crippen LogP contribution in [0.2, 0.25) is 0 Å². The molecule has 0 bridgehead atoms. The number of rotatable bonds is 3. The Hall–Kier alpha value is -0.470. The van der Waals surface area contributed by atoms with Crippen LogP contribution in [-0.4, -0.2) is 11.4 Å². The van der Waals surface area contributed by atoms with Crippen molar-refractivity contribution in [2.45, 2.75) is 24.3 Å². The minimum absolute atomic E-state index is 0.305. The molecule has 0 saturated carbocycles. The first kappa shape index (κ1) is 9.62. The average molecular weight is 182 g/mol. The van der Waals surface area contributed by atoms with Gasteiger partial charge in [0.2, 0.25) is 0 Å². The van der Waals surface area contributed by atoms with E-state index in [9.17, 15) is 5.11 Å². The van der Waals surface area contributed by atoms with Crippen LogP contribution in [0.15, 0.2) is 29.2 Å². The van der Waals surface area contributed by atoms with Crippen molar-refractivity contribution in [1.29, 1.82) is 0 Å². The zero-order valence-corrected chi connectivity index (χ0v) is 8.27. The van der Waals surface area contributed by atoms with Crippen molar-refractivity contribution in [2.24, 2.45) is 0 Å². The molecule has 1 N–H and O–H groups in total. The fraction of sp³-hybridized carbons (Fsp3) is 0.400. The Morgan fingerprint density at radius 1 is 1.33 bits per heavy atom. The topological polar surface area (TPSA) is 20.2 Å². The Morgan fingerprint density at radius 3 is 2.33 bits per heavy atom. The summed E-state index contributed by atoms with van der Waals surface area (Å²) in [6.45, 7) is 1.98. The molecular weight excluding hydrogens is 168 g/mol. The summed E-state index contributed by atoms with van der Waals surface area (Å²) in [6, 6.07) is 8.05. The molecule has 2 heteroatoms. The molecule has 0 fully saturated rings. The summed E-state index contributed by atoms with van der Waals surface area (Å²) >= 11 is 1.72. The van der Waals surface area contributed by atoms with Crippen LogP contribution in [0.5, 0.6) is 0 Å². The minimum Gasteiger partial charge on any atom is -0.388 e. The van der Waals surface area contributed by atoms with Gasteiger partial charge in [-0.15, -0.1) is 11.8 Å². The van der Waals surface area contributed by atoms with Gasteiger partial charge in [-0.2, -0.15) is 0 Å². The van der Waals surface area contributed by atoms with Crippen molar-refractivity contribution in [3.63, 3.8) is 0 Å². The number of aliphatic hydroxyl groups is 1. The summed E-state index contributed by atoms with van der Waals surface area (Å²) in [4.78, 5) is 1.24. The van der Waals surface area contributed by atoms with Gasteiger partial charge < -0.3 is 5.11 Å². The number of hydrogen-bond donors (Lipinski definition) is 1. The lowest BCUT2D eigenvalue weighted by atomic mass is 10.1. The van der Waals surface area contributed by atoms with Crippen LogP contribution in [-0.2, 0) is 0 Å². The first-order valence-electron chi connectivity index (χ1n) is 4.10. The molecule has 1 nitrogen and oxygen atoms in total. The van der Waals surface area contributed by atoms with Crippen molar-refractivity contribution >= 4 is 11.8 Å². The lowest BCUT2D eigenvalue weighted by Gasteiger charge is -2.07. The Bertz CT molecular complexity index is 230. The third kappa shape index (κ3) is 2.26. The lowest BCUT2D eigenvalue weighted by Crippen LogP contribution is -1.93. The van der Waals surface area contributed by atoms with E-state index in [4.69, 9.17) is 0 Å². The standard InChI is InChI=1S/C10H14OS/c1-3-10(11)8-4-6-9(12-2)7-5-8/h4-7,10-11H,3H2,1-2H3. The van der Waals surface area contributed by atoms with E-state index >= 15 is 0 Å². The second-order valence-electron chi connectivity index (χ2n) is 2.70. The summed E-state index contributed by atoms with van der Waals surface area (Å²) in [7, 11) is 0. The molecule has 1 aromatic carbocycles. The van der Waals surface area contributed by atoms with Crippen LogP contribution in [0.1, 0.15) is 25.0 Å². The zero-order valence-electron chi connectivity index (χ0n) is 7.45. The Labute approximate surface area is 77.8 Å². The van der Waals surface area contributed by atoms with E-state index in [1.807, 2.05) is 37.4 Å². The predicted molar refractivity (Wildman–Crippen MR) is 53.5 cm³/mol. The van der Waals surface area contributed by atoms with Gasteiger partial charge in [0, 0.05) is 4.90 Å². The summed E-state index contributed by atoms with van der Waals surface area (Å²) in [6.07, 6.45) is 2.52. The van der Waals surface area contributed by atoms with Crippen LogP contribution >= 0.6 is 11.8 Å². The summed E-state index contributed by atoms with van der Waals surface area (Å²) in [5.74, 6) is 0. The molecule has 0 aromatic heterocycles. The molecule has 1 aromatic rings. The molecule has 0 aliphatic heterocycles. The van der Waals surface area contributed by atoms with Crippen LogP contribution in [0, 0.1) is 0 Å². The SMILES string of the molecule is CCC(O)c1ccc(SC)cc1. The summed E-state index contributed by atoms with van der Waals surface area (Å²) < 4.78 is 0. The van der Waals surface area contributed by atoms with E-state index < -0.39 is 0 Å². The molecule has 12 heavy (non-hydrogen) atoms. The van der Waals surface area contributed by atoms with Gasteiger partial charge in [-0.3, -0.25) is 0 Å². The first-order chi connectivity index (χ1) is 5.77. The van der Waals surface area contributed by atoms with Gasteiger partial charge in [-0.25, -0.2) is 0 Å². The number of thioether (sulfide) groups is 1. The monoisotopic (exact) mass is 182 g/mol. The van der Waals surface area contributed by atoms with E-state index in [1.54, 1.807) is 11.8 Å². The highest BCUT2D eigenvalue weighted by atomic mass is 32.2. The molecule has 0 saturated heterocycles. The van der Waals surface area contributed by atoms with Gasteiger partial charge in [0.05, 0.1) is 6.10 Å². The van der Waals surface area contributed by atoms with E-state index in [1.165, 1.54) is 4.90 Å². The van der Waals surface area contributed by atoms with Crippen LogP contribution in [0.25, 0.3) is 0 Å².